The summed E-state index contributed by atoms with van der Waals surface area (Å²) in [4.78, 5) is 0. The van der Waals surface area contributed by atoms with Crippen molar-refractivity contribution in [1.82, 2.24) is 0 Å². The van der Waals surface area contributed by atoms with Crippen molar-refractivity contribution in [3.05, 3.63) is 143 Å². The Labute approximate surface area is 198 Å². The van der Waals surface area contributed by atoms with Gasteiger partial charge in [-0.25, -0.2) is 0 Å². The van der Waals surface area contributed by atoms with E-state index in [1.807, 2.05) is 30.3 Å². The number of para-hydroxylation sites is 1. The number of hydrogen-bond acceptors (Lipinski definition) is 2. The lowest BCUT2D eigenvalue weighted by Gasteiger charge is -2.39. The van der Waals surface area contributed by atoms with Gasteiger partial charge in [-0.2, -0.15) is 5.26 Å². The Bertz CT molecular complexity index is 1610. The van der Waals surface area contributed by atoms with Gasteiger partial charge in [0.2, 0.25) is 0 Å². The molecule has 0 bridgehead atoms. The van der Waals surface area contributed by atoms with Crippen molar-refractivity contribution in [1.29, 1.82) is 5.26 Å². The van der Waals surface area contributed by atoms with Gasteiger partial charge in [0.15, 0.2) is 0 Å². The van der Waals surface area contributed by atoms with Crippen LogP contribution in [-0.4, -0.2) is 0 Å². The molecule has 0 atom stereocenters. The van der Waals surface area contributed by atoms with Gasteiger partial charge in [-0.3, -0.25) is 0 Å². The summed E-state index contributed by atoms with van der Waals surface area (Å²) in [6.07, 6.45) is 0. The molecular weight excluding hydrogens is 414 g/mol. The van der Waals surface area contributed by atoms with E-state index in [1.54, 1.807) is 0 Å². The second kappa shape index (κ2) is 6.94. The molecule has 5 aromatic rings. The maximum absolute atomic E-state index is 9.74. The van der Waals surface area contributed by atoms with E-state index in [0.29, 0.717) is 5.56 Å². The second-order valence-corrected chi connectivity index (χ2v) is 8.81. The molecule has 0 saturated carbocycles. The first-order chi connectivity index (χ1) is 16.8. The molecule has 0 amide bonds. The molecule has 0 aromatic heterocycles. The van der Waals surface area contributed by atoms with Crippen LogP contribution in [0.5, 0.6) is 11.5 Å². The summed E-state index contributed by atoms with van der Waals surface area (Å²) < 4.78 is 6.48. The first-order valence-corrected chi connectivity index (χ1v) is 11.4. The standard InChI is InChI=1S/C32H19NO/c33-20-22-9-1-2-10-23(22)21-17-18-31-29(19-21)32(28-15-7-8-16-30(28)34-31)26-13-5-3-11-24(26)25-12-4-6-14-27(25)32/h1-19H. The van der Waals surface area contributed by atoms with Crippen LogP contribution in [-0.2, 0) is 5.41 Å². The zero-order valence-electron chi connectivity index (χ0n) is 18.3. The fourth-order valence-corrected chi connectivity index (χ4v) is 5.86. The van der Waals surface area contributed by atoms with Crippen LogP contribution in [0.4, 0.5) is 0 Å². The zero-order valence-corrected chi connectivity index (χ0v) is 18.3. The lowest BCUT2D eigenvalue weighted by molar-refractivity contribution is 0.436. The predicted molar refractivity (Wildman–Crippen MR) is 134 cm³/mol. The minimum absolute atomic E-state index is 0.491. The number of nitrogens with zero attached hydrogens (tertiary/aromatic N) is 1. The van der Waals surface area contributed by atoms with Crippen molar-refractivity contribution in [2.45, 2.75) is 5.41 Å². The summed E-state index contributed by atoms with van der Waals surface area (Å²) in [6, 6.07) is 42.2. The van der Waals surface area contributed by atoms with Crippen LogP contribution in [0.25, 0.3) is 22.3 Å². The molecule has 2 nitrogen and oxygen atoms in total. The van der Waals surface area contributed by atoms with Gasteiger partial charge in [0, 0.05) is 11.1 Å². The van der Waals surface area contributed by atoms with Crippen molar-refractivity contribution >= 4 is 0 Å². The molecule has 2 heteroatoms. The van der Waals surface area contributed by atoms with Crippen LogP contribution < -0.4 is 4.74 Å². The molecule has 5 aromatic carbocycles. The lowest BCUT2D eigenvalue weighted by Crippen LogP contribution is -2.32. The first kappa shape index (κ1) is 18.9. The van der Waals surface area contributed by atoms with Crippen molar-refractivity contribution in [2.75, 3.05) is 0 Å². The van der Waals surface area contributed by atoms with Gasteiger partial charge in [0.1, 0.15) is 11.5 Å². The van der Waals surface area contributed by atoms with Crippen molar-refractivity contribution < 1.29 is 4.74 Å². The third-order valence-electron chi connectivity index (χ3n) is 7.21. The number of ether oxygens (including phenoxy) is 1. The van der Waals surface area contributed by atoms with Gasteiger partial charge >= 0.3 is 0 Å². The number of rotatable bonds is 1. The average Bonchev–Trinajstić information content (AvgIpc) is 3.20. The van der Waals surface area contributed by atoms with Crippen LogP contribution in [0.3, 0.4) is 0 Å². The van der Waals surface area contributed by atoms with Gasteiger partial charge in [-0.05, 0) is 57.6 Å². The van der Waals surface area contributed by atoms with Gasteiger partial charge in [0.25, 0.3) is 0 Å². The Hall–Kier alpha value is -4.61. The maximum atomic E-state index is 9.74. The molecule has 0 fully saturated rings. The van der Waals surface area contributed by atoms with Crippen LogP contribution in [0.15, 0.2) is 115 Å². The van der Waals surface area contributed by atoms with Crippen LogP contribution in [0.2, 0.25) is 0 Å². The summed E-state index contributed by atoms with van der Waals surface area (Å²) >= 11 is 0. The monoisotopic (exact) mass is 433 g/mol. The minimum atomic E-state index is -0.491. The predicted octanol–water partition coefficient (Wildman–Crippen LogP) is 7.69. The van der Waals surface area contributed by atoms with Crippen molar-refractivity contribution in [3.63, 3.8) is 0 Å². The summed E-state index contributed by atoms with van der Waals surface area (Å²) in [5.74, 6) is 1.73. The topological polar surface area (TPSA) is 33.0 Å². The SMILES string of the molecule is N#Cc1ccccc1-c1ccc2c(c1)C1(c3ccccc3O2)c2ccccc2-c2ccccc21. The Morgan fingerprint density at radius 2 is 1.09 bits per heavy atom. The first-order valence-electron chi connectivity index (χ1n) is 11.4. The van der Waals surface area contributed by atoms with E-state index in [-0.39, 0.29) is 0 Å². The van der Waals surface area contributed by atoms with Gasteiger partial charge in [0.05, 0.1) is 17.0 Å². The molecule has 0 saturated heterocycles. The van der Waals surface area contributed by atoms with E-state index in [1.165, 1.54) is 22.3 Å². The Balaban J connectivity index is 1.63. The molecule has 1 aliphatic heterocycles. The smallest absolute Gasteiger partial charge is 0.132 e. The number of hydrogen-bond donors (Lipinski definition) is 0. The lowest BCUT2D eigenvalue weighted by atomic mass is 9.65. The number of fused-ring (bicyclic) bond motifs is 9. The van der Waals surface area contributed by atoms with Gasteiger partial charge < -0.3 is 4.74 Å². The van der Waals surface area contributed by atoms with Crippen LogP contribution >= 0.6 is 0 Å². The third-order valence-corrected chi connectivity index (χ3v) is 7.21. The Morgan fingerprint density at radius 3 is 1.79 bits per heavy atom. The van der Waals surface area contributed by atoms with E-state index in [2.05, 4.69) is 91.0 Å². The highest BCUT2D eigenvalue weighted by molar-refractivity contribution is 5.89. The van der Waals surface area contributed by atoms with Crippen LogP contribution in [0, 0.1) is 11.3 Å². The highest BCUT2D eigenvalue weighted by Crippen LogP contribution is 2.62. The van der Waals surface area contributed by atoms with Crippen LogP contribution in [0.1, 0.15) is 27.8 Å². The summed E-state index contributed by atoms with van der Waals surface area (Å²) in [5.41, 5.74) is 9.40. The second-order valence-electron chi connectivity index (χ2n) is 8.81. The molecule has 0 N–H and O–H groups in total. The van der Waals surface area contributed by atoms with Crippen molar-refractivity contribution in [2.24, 2.45) is 0 Å². The minimum Gasteiger partial charge on any atom is -0.457 e. The Kier molecular flexibility index (Phi) is 3.86. The molecule has 1 spiro atoms. The molecule has 0 unspecified atom stereocenters. The highest BCUT2D eigenvalue weighted by atomic mass is 16.5. The largest absolute Gasteiger partial charge is 0.457 e. The van der Waals surface area contributed by atoms with E-state index in [4.69, 9.17) is 4.74 Å². The Morgan fingerprint density at radius 1 is 0.529 bits per heavy atom. The summed E-state index contributed by atoms with van der Waals surface area (Å²) in [5, 5.41) is 9.74. The molecule has 0 radical (unpaired) electrons. The molecule has 2 aliphatic rings. The number of nitriles is 1. The van der Waals surface area contributed by atoms with E-state index in [9.17, 15) is 5.26 Å². The molecule has 7 rings (SSSR count). The highest BCUT2D eigenvalue weighted by Gasteiger charge is 2.50. The average molecular weight is 434 g/mol. The molecular formula is C32H19NO. The third kappa shape index (κ3) is 2.33. The van der Waals surface area contributed by atoms with Gasteiger partial charge in [-0.15, -0.1) is 0 Å². The normalized spacial score (nSPS) is 13.7. The maximum Gasteiger partial charge on any atom is 0.132 e. The van der Waals surface area contributed by atoms with Crippen molar-refractivity contribution in [3.8, 4) is 39.8 Å². The molecule has 1 heterocycles. The molecule has 34 heavy (non-hydrogen) atoms. The van der Waals surface area contributed by atoms with E-state index < -0.39 is 5.41 Å². The van der Waals surface area contributed by atoms with E-state index in [0.717, 1.165) is 33.8 Å². The van der Waals surface area contributed by atoms with E-state index >= 15 is 0 Å². The fraction of sp³-hybridized carbons (Fsp3) is 0.0312. The molecule has 1 aliphatic carbocycles. The van der Waals surface area contributed by atoms with Gasteiger partial charge in [-0.1, -0.05) is 91.0 Å². The zero-order chi connectivity index (χ0) is 22.7. The number of benzene rings is 5. The molecule has 158 valence electrons. The fourth-order valence-electron chi connectivity index (χ4n) is 5.86. The summed E-state index contributed by atoms with van der Waals surface area (Å²) in [7, 11) is 0. The summed E-state index contributed by atoms with van der Waals surface area (Å²) in [6.45, 7) is 0. The quantitative estimate of drug-likeness (QED) is 0.266.